The van der Waals surface area contributed by atoms with E-state index in [9.17, 15) is 57.5 Å². The molecule has 11 atom stereocenters. The number of imide groups is 1. The van der Waals surface area contributed by atoms with Crippen molar-refractivity contribution in [2.75, 3.05) is 73.0 Å². The van der Waals surface area contributed by atoms with E-state index in [-0.39, 0.29) is 80.3 Å². The van der Waals surface area contributed by atoms with Crippen molar-refractivity contribution < 1.29 is 100 Å². The van der Waals surface area contributed by atoms with E-state index in [1.54, 1.807) is 62.3 Å². The number of likely N-dealkylation sites (tertiary alicyclic amines) is 1. The summed E-state index contributed by atoms with van der Waals surface area (Å²) in [5.74, 6) is -16.2. The van der Waals surface area contributed by atoms with Gasteiger partial charge in [0.25, 0.3) is 11.8 Å². The fourth-order valence-electron chi connectivity index (χ4n) is 15.5. The first-order chi connectivity index (χ1) is 52.6. The number of likely N-dealkylation sites (N-methyl/N-ethyl adjacent to an activating group) is 4. The summed E-state index contributed by atoms with van der Waals surface area (Å²) in [7, 11) is 5.46. The van der Waals surface area contributed by atoms with Crippen molar-refractivity contribution in [3.63, 3.8) is 0 Å². The van der Waals surface area contributed by atoms with Crippen LogP contribution in [0.1, 0.15) is 159 Å². The molecule has 610 valence electrons. The second-order valence-electron chi connectivity index (χ2n) is 31.4. The standard InChI is InChI=1S/C76H103N13O22S/c1-34(2)52-71(101)87-27-17-19-45(87)68(98)83(13)31-49(91)85(15)59(36(5)6)74(104)109-40(11)54(66(96)78-52)80-64(94)44-26-21-38(9)62-56(44)77-58-51(57(61(93)39(10)63(58)111-62)82-76(106)108-33-107-73(103)43-24-22-42(23-25-43)30-89-48(90)29-47(112)70(89)100)65(95)81-55-41(12)110-75(105)60(37(7)8)86(16)50(92)32-84(14)69(99)46-20-18-28-88(46)72(102)53(35(3)4)79-67(55)97/h21,26,34-37,40-43,45-47,52-55,59-60,112H,17-20,22-25,27-33H2,1-16H3,(H,78,96)(H,79,97)(H,80,94)(H,81,95)(H,82,106). The van der Waals surface area contributed by atoms with E-state index in [0.717, 1.165) is 14.7 Å². The molecule has 1 aromatic carbocycles. The van der Waals surface area contributed by atoms with Gasteiger partial charge < -0.3 is 74.0 Å². The molecule has 6 aliphatic heterocycles. The highest BCUT2D eigenvalue weighted by Crippen LogP contribution is 2.37. The second-order valence-corrected chi connectivity index (χ2v) is 32.0. The molecule has 5 saturated heterocycles. The Morgan fingerprint density at radius 3 is 1.54 bits per heavy atom. The van der Waals surface area contributed by atoms with E-state index >= 15 is 24.0 Å². The molecule has 0 radical (unpaired) electrons. The molecule has 0 aromatic heterocycles. The number of hydrogen-bond acceptors (Lipinski definition) is 24. The molecule has 2 aliphatic carbocycles. The molecule has 112 heavy (non-hydrogen) atoms. The van der Waals surface area contributed by atoms with Crippen LogP contribution >= 0.6 is 12.6 Å². The molecule has 6 fully saturated rings. The van der Waals surface area contributed by atoms with E-state index in [2.05, 4.69) is 39.2 Å². The average Bonchev–Trinajstić information content (AvgIpc) is 1.01. The Labute approximate surface area is 653 Å². The quantitative estimate of drug-likeness (QED) is 0.0336. The Morgan fingerprint density at radius 1 is 0.607 bits per heavy atom. The summed E-state index contributed by atoms with van der Waals surface area (Å²) in [5, 5.41) is 12.1. The highest BCUT2D eigenvalue weighted by Gasteiger charge is 2.48. The average molecular weight is 1580 g/mol. The SMILES string of the molecule is Cc1c2oc3c(C)ccc(C(=O)NC4C(=O)NC(C(C)C)C(=O)N5CCCC5C(=O)N(C)CC(=O)N(C)C(C(C)C)C(=O)OC4C)c3nc-2c(C(=O)NC2C(=O)NC(C(C)C)C(=O)N3CCCC3C(=O)N(C)CC(=O)N(C)C(C(C)C)C(=O)OC2C)c(NC(=O)OCOC(=O)C2CCC(CN3C(=O)CC(S)C3=O)CC2)c1=O. The second kappa shape index (κ2) is 35.6. The number of amides is 13. The van der Waals surface area contributed by atoms with Crippen molar-refractivity contribution in [2.24, 2.45) is 35.5 Å². The lowest BCUT2D eigenvalue weighted by molar-refractivity contribution is -0.163. The fourth-order valence-corrected chi connectivity index (χ4v) is 15.8. The maximum atomic E-state index is 16.0. The highest BCUT2D eigenvalue weighted by molar-refractivity contribution is 7.81. The molecule has 11 unspecified atom stereocenters. The van der Waals surface area contributed by atoms with Gasteiger partial charge in [-0.05, 0) is 120 Å². The number of hydrogen-bond donors (Lipinski definition) is 6. The number of aromatic nitrogens is 1. The van der Waals surface area contributed by atoms with Gasteiger partial charge in [0, 0.05) is 59.8 Å². The lowest BCUT2D eigenvalue weighted by Crippen LogP contribution is -2.61. The zero-order chi connectivity index (χ0) is 82.7. The molecule has 1 saturated carbocycles. The number of aryl methyl sites for hydroxylation is 1. The fraction of sp³-hybridized carbons (Fsp3) is 0.632. The van der Waals surface area contributed by atoms with E-state index in [1.165, 1.54) is 80.7 Å². The monoisotopic (exact) mass is 1580 g/mol. The number of esters is 3. The van der Waals surface area contributed by atoms with Crippen molar-refractivity contribution in [1.29, 1.82) is 0 Å². The van der Waals surface area contributed by atoms with Crippen LogP contribution in [0.25, 0.3) is 22.6 Å². The molecular weight excluding hydrogens is 1480 g/mol. The van der Waals surface area contributed by atoms with Crippen molar-refractivity contribution in [3.05, 3.63) is 44.6 Å². The van der Waals surface area contributed by atoms with Crippen LogP contribution in [0.4, 0.5) is 10.5 Å². The van der Waals surface area contributed by atoms with Crippen molar-refractivity contribution in [2.45, 2.75) is 207 Å². The Kier molecular flexibility index (Phi) is 27.2. The lowest BCUT2D eigenvalue weighted by atomic mass is 9.82. The minimum absolute atomic E-state index is 0.0179. The van der Waals surface area contributed by atoms with E-state index in [0.29, 0.717) is 25.7 Å². The summed E-state index contributed by atoms with van der Waals surface area (Å²) in [6.07, 6.45) is -2.22. The summed E-state index contributed by atoms with van der Waals surface area (Å²) in [5.41, 5.74) is -4.67. The van der Waals surface area contributed by atoms with Crippen LogP contribution in [0.15, 0.2) is 21.3 Å². The Hall–Kier alpha value is -10.3. The van der Waals surface area contributed by atoms with Crippen molar-refractivity contribution >= 4 is 124 Å². The normalized spacial score (nSPS) is 26.8. The number of cyclic esters (lactones) is 2. The third-order valence-electron chi connectivity index (χ3n) is 21.9. The van der Waals surface area contributed by atoms with Gasteiger partial charge in [0.15, 0.2) is 11.3 Å². The molecule has 8 aliphatic rings. The topological polar surface area (TPSA) is 436 Å². The van der Waals surface area contributed by atoms with Gasteiger partial charge in [-0.1, -0.05) is 61.5 Å². The molecule has 36 heteroatoms. The molecule has 1 aromatic rings. The van der Waals surface area contributed by atoms with Gasteiger partial charge in [-0.2, -0.15) is 12.6 Å². The minimum atomic E-state index is -2.08. The zero-order valence-electron chi connectivity index (χ0n) is 66.1. The number of fused-ring (bicyclic) bond motifs is 4. The minimum Gasteiger partial charge on any atom is -0.458 e. The van der Waals surface area contributed by atoms with E-state index in [1.807, 2.05) is 0 Å². The van der Waals surface area contributed by atoms with Gasteiger partial charge >= 0.3 is 24.0 Å². The van der Waals surface area contributed by atoms with Gasteiger partial charge in [0.1, 0.15) is 77.4 Å². The summed E-state index contributed by atoms with van der Waals surface area (Å²) >= 11 is 4.20. The predicted molar refractivity (Wildman–Crippen MR) is 402 cm³/mol. The maximum absolute atomic E-state index is 16.0. The number of carbonyl (C=O) groups excluding carboxylic acids is 16. The number of ether oxygens (including phenoxy) is 4. The number of carbonyl (C=O) groups is 16. The number of anilines is 1. The van der Waals surface area contributed by atoms with Gasteiger partial charge in [-0.15, -0.1) is 0 Å². The van der Waals surface area contributed by atoms with Crippen LogP contribution in [-0.2, 0) is 81.3 Å². The van der Waals surface area contributed by atoms with E-state index < -0.39 is 243 Å². The van der Waals surface area contributed by atoms with Crippen molar-refractivity contribution in [1.82, 2.24) is 60.6 Å². The summed E-state index contributed by atoms with van der Waals surface area (Å²) in [6, 6.07) is -8.86. The van der Waals surface area contributed by atoms with Crippen LogP contribution in [0, 0.1) is 49.4 Å². The molecule has 35 nitrogen and oxygen atoms in total. The summed E-state index contributed by atoms with van der Waals surface area (Å²) in [6.45, 7) is 16.6. The zero-order valence-corrected chi connectivity index (χ0v) is 67.0. The molecular formula is C76H103N13O22S. The molecule has 6 heterocycles. The van der Waals surface area contributed by atoms with Crippen molar-refractivity contribution in [3.8, 4) is 11.5 Å². The largest absolute Gasteiger partial charge is 0.458 e. The maximum Gasteiger partial charge on any atom is 0.414 e. The first-order valence-corrected chi connectivity index (χ1v) is 38.5. The number of thiol groups is 1. The predicted octanol–water partition coefficient (Wildman–Crippen LogP) is 2.06. The summed E-state index contributed by atoms with van der Waals surface area (Å²) < 4.78 is 29.3. The Morgan fingerprint density at radius 2 is 1.09 bits per heavy atom. The van der Waals surface area contributed by atoms with Gasteiger partial charge in [-0.3, -0.25) is 77.3 Å². The highest BCUT2D eigenvalue weighted by atomic mass is 32.1. The molecule has 0 bridgehead atoms. The van der Waals surface area contributed by atoms with Crippen LogP contribution in [0.2, 0.25) is 0 Å². The van der Waals surface area contributed by atoms with Gasteiger partial charge in [-0.25, -0.2) is 19.4 Å². The Bertz CT molecular complexity index is 4290. The van der Waals surface area contributed by atoms with Crippen LogP contribution in [0.5, 0.6) is 0 Å². The van der Waals surface area contributed by atoms with Crippen LogP contribution < -0.4 is 32.0 Å². The van der Waals surface area contributed by atoms with Crippen LogP contribution in [0.3, 0.4) is 0 Å². The molecule has 5 N–H and O–H groups in total. The van der Waals surface area contributed by atoms with Gasteiger partial charge in [0.05, 0.1) is 35.4 Å². The lowest BCUT2D eigenvalue weighted by Gasteiger charge is -2.36. The smallest absolute Gasteiger partial charge is 0.414 e. The molecule has 0 spiro atoms. The van der Waals surface area contributed by atoms with Gasteiger partial charge in [0.2, 0.25) is 71.3 Å². The van der Waals surface area contributed by atoms with Crippen LogP contribution in [-0.4, -0.2) is 268 Å². The first kappa shape index (κ1) is 85.7. The molecule has 13 amide bonds. The third kappa shape index (κ3) is 18.3. The van der Waals surface area contributed by atoms with E-state index in [4.69, 9.17) is 28.3 Å². The number of rotatable bonds is 14. The first-order valence-electron chi connectivity index (χ1n) is 37.9. The summed E-state index contributed by atoms with van der Waals surface area (Å²) in [4.78, 5) is 258. The number of benzene rings is 2. The number of nitrogens with one attached hydrogen (secondary N) is 5. The number of nitrogens with zero attached hydrogens (tertiary/aromatic N) is 8. The Balaban J connectivity index is 1.14. The molecule has 9 rings (SSSR count). The third-order valence-corrected chi connectivity index (χ3v) is 22.3.